The zero-order chi connectivity index (χ0) is 12.7. The monoisotopic (exact) mass is 251 g/mol. The van der Waals surface area contributed by atoms with E-state index in [2.05, 4.69) is 5.32 Å². The zero-order valence-electron chi connectivity index (χ0n) is 10.2. The van der Waals surface area contributed by atoms with Crippen LogP contribution in [0.3, 0.4) is 0 Å². The average molecular weight is 252 g/mol. The SMILES string of the molecule is CC(C)(C(=O)NC/C=C/CCl)c1ccccc1. The van der Waals surface area contributed by atoms with Crippen molar-refractivity contribution in [3.63, 3.8) is 0 Å². The van der Waals surface area contributed by atoms with Crippen LogP contribution in [0.25, 0.3) is 0 Å². The van der Waals surface area contributed by atoms with Crippen molar-refractivity contribution in [3.8, 4) is 0 Å². The van der Waals surface area contributed by atoms with Gasteiger partial charge < -0.3 is 5.32 Å². The Morgan fingerprint density at radius 1 is 1.29 bits per heavy atom. The molecule has 0 aliphatic rings. The number of amides is 1. The van der Waals surface area contributed by atoms with Crippen molar-refractivity contribution in [2.45, 2.75) is 19.3 Å². The summed E-state index contributed by atoms with van der Waals surface area (Å²) in [4.78, 5) is 12.1. The Kier molecular flexibility index (Phi) is 5.23. The lowest BCUT2D eigenvalue weighted by atomic mass is 9.84. The van der Waals surface area contributed by atoms with Gasteiger partial charge in [0.05, 0.1) is 5.41 Å². The number of carbonyl (C=O) groups excluding carboxylic acids is 1. The molecule has 0 radical (unpaired) electrons. The molecule has 1 N–H and O–H groups in total. The van der Waals surface area contributed by atoms with Gasteiger partial charge in [-0.25, -0.2) is 0 Å². The Morgan fingerprint density at radius 3 is 2.53 bits per heavy atom. The van der Waals surface area contributed by atoms with E-state index in [9.17, 15) is 4.79 Å². The molecule has 0 aromatic heterocycles. The van der Waals surface area contributed by atoms with Gasteiger partial charge >= 0.3 is 0 Å². The number of hydrogen-bond donors (Lipinski definition) is 1. The standard InChI is InChI=1S/C14H18ClNO/c1-14(2,12-8-4-3-5-9-12)13(17)16-11-7-6-10-15/h3-9H,10-11H2,1-2H3,(H,16,17)/b7-6+. The largest absolute Gasteiger partial charge is 0.352 e. The molecule has 0 bridgehead atoms. The highest BCUT2D eigenvalue weighted by molar-refractivity contribution is 6.18. The van der Waals surface area contributed by atoms with E-state index < -0.39 is 5.41 Å². The molecule has 0 aliphatic carbocycles. The van der Waals surface area contributed by atoms with Gasteiger partial charge in [-0.15, -0.1) is 11.6 Å². The fourth-order valence-corrected chi connectivity index (χ4v) is 1.63. The van der Waals surface area contributed by atoms with E-state index in [0.29, 0.717) is 12.4 Å². The zero-order valence-corrected chi connectivity index (χ0v) is 11.0. The molecule has 1 amide bonds. The Hall–Kier alpha value is -1.28. The van der Waals surface area contributed by atoms with E-state index in [4.69, 9.17) is 11.6 Å². The lowest BCUT2D eigenvalue weighted by Crippen LogP contribution is -2.40. The minimum absolute atomic E-state index is 0.0166. The molecule has 1 aromatic rings. The summed E-state index contributed by atoms with van der Waals surface area (Å²) < 4.78 is 0. The molecule has 0 saturated carbocycles. The van der Waals surface area contributed by atoms with Crippen LogP contribution in [0.15, 0.2) is 42.5 Å². The van der Waals surface area contributed by atoms with Crippen molar-refractivity contribution < 1.29 is 4.79 Å². The number of halogens is 1. The molecule has 0 atom stereocenters. The van der Waals surface area contributed by atoms with Crippen LogP contribution in [0.4, 0.5) is 0 Å². The van der Waals surface area contributed by atoms with Gasteiger partial charge in [0.1, 0.15) is 0 Å². The number of hydrogen-bond acceptors (Lipinski definition) is 1. The molecule has 0 fully saturated rings. The third-order valence-corrected chi connectivity index (χ3v) is 2.88. The maximum atomic E-state index is 12.1. The first kappa shape index (κ1) is 13.8. The molecule has 2 nitrogen and oxygen atoms in total. The highest BCUT2D eigenvalue weighted by Gasteiger charge is 2.28. The molecule has 0 heterocycles. The van der Waals surface area contributed by atoms with Gasteiger partial charge in [-0.3, -0.25) is 4.79 Å². The van der Waals surface area contributed by atoms with Crippen LogP contribution in [0.5, 0.6) is 0 Å². The fraction of sp³-hybridized carbons (Fsp3) is 0.357. The van der Waals surface area contributed by atoms with Crippen LogP contribution < -0.4 is 5.32 Å². The molecule has 17 heavy (non-hydrogen) atoms. The van der Waals surface area contributed by atoms with E-state index in [1.165, 1.54) is 0 Å². The minimum Gasteiger partial charge on any atom is -0.352 e. The van der Waals surface area contributed by atoms with Crippen molar-refractivity contribution in [1.29, 1.82) is 0 Å². The fourth-order valence-electron chi connectivity index (χ4n) is 1.50. The van der Waals surface area contributed by atoms with Crippen molar-refractivity contribution in [2.24, 2.45) is 0 Å². The van der Waals surface area contributed by atoms with Crippen LogP contribution in [-0.4, -0.2) is 18.3 Å². The third-order valence-electron chi connectivity index (χ3n) is 2.70. The van der Waals surface area contributed by atoms with Crippen LogP contribution in [0.1, 0.15) is 19.4 Å². The van der Waals surface area contributed by atoms with E-state index >= 15 is 0 Å². The number of carbonyl (C=O) groups is 1. The summed E-state index contributed by atoms with van der Waals surface area (Å²) in [6.45, 7) is 4.35. The van der Waals surface area contributed by atoms with E-state index in [0.717, 1.165) is 5.56 Å². The summed E-state index contributed by atoms with van der Waals surface area (Å²) in [6.07, 6.45) is 3.67. The number of alkyl halides is 1. The third kappa shape index (κ3) is 3.90. The molecule has 1 rings (SSSR count). The molecule has 0 spiro atoms. The molecule has 92 valence electrons. The molecular formula is C14H18ClNO. The van der Waals surface area contributed by atoms with Crippen LogP contribution in [-0.2, 0) is 10.2 Å². The average Bonchev–Trinajstić information content (AvgIpc) is 2.35. The minimum atomic E-state index is -0.518. The summed E-state index contributed by atoms with van der Waals surface area (Å²) in [5.74, 6) is 0.487. The van der Waals surface area contributed by atoms with Gasteiger partial charge in [0, 0.05) is 12.4 Å². The maximum Gasteiger partial charge on any atom is 0.230 e. The quantitative estimate of drug-likeness (QED) is 0.633. The predicted molar refractivity (Wildman–Crippen MR) is 72.3 cm³/mol. The Morgan fingerprint density at radius 2 is 1.94 bits per heavy atom. The van der Waals surface area contributed by atoms with Gasteiger partial charge in [-0.05, 0) is 19.4 Å². The van der Waals surface area contributed by atoms with Crippen LogP contribution in [0, 0.1) is 0 Å². The first-order valence-electron chi connectivity index (χ1n) is 5.64. The van der Waals surface area contributed by atoms with Gasteiger partial charge in [0.15, 0.2) is 0 Å². The van der Waals surface area contributed by atoms with Crippen molar-refractivity contribution in [2.75, 3.05) is 12.4 Å². The second kappa shape index (κ2) is 6.45. The number of allylic oxidation sites excluding steroid dienone is 1. The van der Waals surface area contributed by atoms with Crippen molar-refractivity contribution >= 4 is 17.5 Å². The topological polar surface area (TPSA) is 29.1 Å². The normalized spacial score (nSPS) is 11.7. The smallest absolute Gasteiger partial charge is 0.230 e. The van der Waals surface area contributed by atoms with E-state index in [1.54, 1.807) is 0 Å². The van der Waals surface area contributed by atoms with Crippen molar-refractivity contribution in [1.82, 2.24) is 5.32 Å². The van der Waals surface area contributed by atoms with Gasteiger partial charge in [0.25, 0.3) is 0 Å². The van der Waals surface area contributed by atoms with Crippen LogP contribution in [0.2, 0.25) is 0 Å². The molecular weight excluding hydrogens is 234 g/mol. The van der Waals surface area contributed by atoms with Gasteiger partial charge in [-0.2, -0.15) is 0 Å². The molecule has 1 aromatic carbocycles. The van der Waals surface area contributed by atoms with Crippen molar-refractivity contribution in [3.05, 3.63) is 48.0 Å². The lowest BCUT2D eigenvalue weighted by Gasteiger charge is -2.23. The molecule has 3 heteroatoms. The summed E-state index contributed by atoms with van der Waals surface area (Å²) in [5, 5.41) is 2.87. The summed E-state index contributed by atoms with van der Waals surface area (Å²) in [6, 6.07) is 9.76. The summed E-state index contributed by atoms with van der Waals surface area (Å²) in [7, 11) is 0. The van der Waals surface area contributed by atoms with Gasteiger partial charge in [0.2, 0.25) is 5.91 Å². The first-order chi connectivity index (χ1) is 8.09. The second-order valence-corrected chi connectivity index (χ2v) is 4.64. The lowest BCUT2D eigenvalue weighted by molar-refractivity contribution is -0.125. The molecule has 0 aliphatic heterocycles. The van der Waals surface area contributed by atoms with E-state index in [-0.39, 0.29) is 5.91 Å². The molecule has 0 unspecified atom stereocenters. The number of nitrogens with one attached hydrogen (secondary N) is 1. The summed E-state index contributed by atoms with van der Waals surface area (Å²) >= 11 is 5.50. The Labute approximate surface area is 108 Å². The van der Waals surface area contributed by atoms with E-state index in [1.807, 2.05) is 56.3 Å². The Balaban J connectivity index is 2.64. The second-order valence-electron chi connectivity index (χ2n) is 4.33. The van der Waals surface area contributed by atoms with Crippen LogP contribution >= 0.6 is 11.6 Å². The number of rotatable bonds is 5. The predicted octanol–water partition coefficient (Wildman–Crippen LogP) is 2.88. The highest BCUT2D eigenvalue weighted by atomic mass is 35.5. The van der Waals surface area contributed by atoms with Gasteiger partial charge in [-0.1, -0.05) is 42.5 Å². The summed E-state index contributed by atoms with van der Waals surface area (Å²) in [5.41, 5.74) is 0.495. The Bertz CT molecular complexity index is 384. The molecule has 0 saturated heterocycles. The maximum absolute atomic E-state index is 12.1. The number of benzene rings is 1. The first-order valence-corrected chi connectivity index (χ1v) is 6.17. The highest BCUT2D eigenvalue weighted by Crippen LogP contribution is 2.22.